The van der Waals surface area contributed by atoms with E-state index >= 15 is 0 Å². The van der Waals surface area contributed by atoms with Crippen LogP contribution in [0.25, 0.3) is 0 Å². The predicted octanol–water partition coefficient (Wildman–Crippen LogP) is 1.46. The second-order valence-corrected chi connectivity index (χ2v) is 5.12. The molecular weight excluding hydrogens is 312 g/mol. The fourth-order valence-corrected chi connectivity index (χ4v) is 2.43. The summed E-state index contributed by atoms with van der Waals surface area (Å²) in [7, 11) is 1.66. The van der Waals surface area contributed by atoms with E-state index in [2.05, 4.69) is 15.9 Å². The highest BCUT2D eigenvalue weighted by molar-refractivity contribution is 9.10. The number of carbonyl (C=O) groups excluding carboxylic acids is 3. The predicted molar refractivity (Wildman–Crippen MR) is 74.1 cm³/mol. The molecule has 2 rings (SSSR count). The monoisotopic (exact) mass is 324 g/mol. The molecule has 0 aromatic heterocycles. The van der Waals surface area contributed by atoms with Gasteiger partial charge in [-0.05, 0) is 35.0 Å². The molecule has 2 amide bonds. The molecule has 5 nitrogen and oxygen atoms in total. The zero-order chi connectivity index (χ0) is 14.2. The summed E-state index contributed by atoms with van der Waals surface area (Å²) in [5, 5.41) is 0. The Hall–Kier alpha value is -1.69. The Labute approximate surface area is 119 Å². The van der Waals surface area contributed by atoms with Crippen LogP contribution in [-0.2, 0) is 9.59 Å². The highest BCUT2D eigenvalue weighted by Gasteiger charge is 2.38. The normalized spacial score (nSPS) is 13.7. The number of hydrogen-bond acceptors (Lipinski definition) is 3. The Morgan fingerprint density at radius 2 is 2.05 bits per heavy atom. The van der Waals surface area contributed by atoms with Crippen molar-refractivity contribution in [3.05, 3.63) is 28.2 Å². The van der Waals surface area contributed by atoms with Gasteiger partial charge in [0.1, 0.15) is 6.54 Å². The average molecular weight is 325 g/mol. The molecule has 0 atom stereocenters. The molecule has 19 heavy (non-hydrogen) atoms. The average Bonchev–Trinajstić information content (AvgIpc) is 2.64. The molecule has 1 aromatic rings. The van der Waals surface area contributed by atoms with Gasteiger partial charge in [-0.2, -0.15) is 0 Å². The van der Waals surface area contributed by atoms with Crippen molar-refractivity contribution in [2.45, 2.75) is 6.92 Å². The molecule has 0 N–H and O–H groups in total. The smallest absolute Gasteiger partial charge is 0.299 e. The highest BCUT2D eigenvalue weighted by Crippen LogP contribution is 2.34. The number of rotatable bonds is 3. The van der Waals surface area contributed by atoms with E-state index in [9.17, 15) is 14.4 Å². The number of Topliss-reactive ketones (excluding diaryl/α,β-unsaturated/α-hetero) is 1. The van der Waals surface area contributed by atoms with Gasteiger partial charge >= 0.3 is 0 Å². The van der Waals surface area contributed by atoms with Gasteiger partial charge in [0.05, 0.1) is 11.3 Å². The van der Waals surface area contributed by atoms with Crippen LogP contribution in [0.3, 0.4) is 0 Å². The summed E-state index contributed by atoms with van der Waals surface area (Å²) in [6.07, 6.45) is 0. The second-order valence-electron chi connectivity index (χ2n) is 4.26. The van der Waals surface area contributed by atoms with Crippen LogP contribution < -0.4 is 4.90 Å². The molecule has 1 aromatic carbocycles. The zero-order valence-electron chi connectivity index (χ0n) is 10.6. The summed E-state index contributed by atoms with van der Waals surface area (Å²) in [5.41, 5.74) is 0.821. The van der Waals surface area contributed by atoms with E-state index in [0.717, 1.165) is 0 Å². The van der Waals surface area contributed by atoms with E-state index in [0.29, 0.717) is 22.3 Å². The SMILES string of the molecule is CCN(C)C(=O)CN1C(=O)C(=O)c2c(Br)cccc21. The Morgan fingerprint density at radius 3 is 2.68 bits per heavy atom. The number of fused-ring (bicyclic) bond motifs is 1. The number of likely N-dealkylation sites (N-methyl/N-ethyl adjacent to an activating group) is 1. The van der Waals surface area contributed by atoms with Crippen molar-refractivity contribution < 1.29 is 14.4 Å². The molecule has 6 heteroatoms. The number of amides is 2. The standard InChI is InChI=1S/C13H13BrN2O3/c1-3-15(2)10(17)7-16-9-6-4-5-8(14)11(9)12(18)13(16)19/h4-6H,3,7H2,1-2H3. The van der Waals surface area contributed by atoms with Crippen LogP contribution in [0.2, 0.25) is 0 Å². The van der Waals surface area contributed by atoms with Crippen LogP contribution in [0.4, 0.5) is 5.69 Å². The Balaban J connectivity index is 2.34. The molecule has 0 spiro atoms. The topological polar surface area (TPSA) is 57.7 Å². The van der Waals surface area contributed by atoms with Crippen LogP contribution in [0, 0.1) is 0 Å². The fourth-order valence-electron chi connectivity index (χ4n) is 1.89. The minimum atomic E-state index is -0.653. The third kappa shape index (κ3) is 2.28. The van der Waals surface area contributed by atoms with E-state index in [1.807, 2.05) is 6.92 Å². The summed E-state index contributed by atoms with van der Waals surface area (Å²) in [6, 6.07) is 5.10. The van der Waals surface area contributed by atoms with Crippen molar-refractivity contribution in [3.8, 4) is 0 Å². The maximum absolute atomic E-state index is 11.9. The molecule has 1 aliphatic heterocycles. The molecule has 0 fully saturated rings. The van der Waals surface area contributed by atoms with E-state index in [-0.39, 0.29) is 12.5 Å². The van der Waals surface area contributed by atoms with Gasteiger partial charge in [-0.25, -0.2) is 0 Å². The molecule has 100 valence electrons. The zero-order valence-corrected chi connectivity index (χ0v) is 12.2. The molecule has 0 saturated heterocycles. The van der Waals surface area contributed by atoms with Gasteiger partial charge in [0, 0.05) is 18.1 Å². The van der Waals surface area contributed by atoms with E-state index in [1.54, 1.807) is 25.2 Å². The molecule has 1 heterocycles. The van der Waals surface area contributed by atoms with E-state index in [1.165, 1.54) is 9.80 Å². The van der Waals surface area contributed by atoms with Crippen LogP contribution >= 0.6 is 15.9 Å². The molecule has 0 bridgehead atoms. The number of halogens is 1. The minimum absolute atomic E-state index is 0.113. The molecular formula is C13H13BrN2O3. The van der Waals surface area contributed by atoms with Crippen molar-refractivity contribution in [1.29, 1.82) is 0 Å². The maximum atomic E-state index is 11.9. The van der Waals surface area contributed by atoms with Crippen molar-refractivity contribution in [1.82, 2.24) is 4.90 Å². The molecule has 0 saturated carbocycles. The summed E-state index contributed by atoms with van der Waals surface area (Å²) < 4.78 is 0.571. The minimum Gasteiger partial charge on any atom is -0.344 e. The van der Waals surface area contributed by atoms with Crippen LogP contribution in [0.5, 0.6) is 0 Å². The summed E-state index contributed by atoms with van der Waals surface area (Å²) in [4.78, 5) is 38.5. The summed E-state index contributed by atoms with van der Waals surface area (Å²) >= 11 is 3.26. The van der Waals surface area contributed by atoms with E-state index < -0.39 is 11.7 Å². The van der Waals surface area contributed by atoms with Crippen molar-refractivity contribution in [2.24, 2.45) is 0 Å². The first-order valence-electron chi connectivity index (χ1n) is 5.86. The molecule has 0 aliphatic carbocycles. The molecule has 0 radical (unpaired) electrons. The lowest BCUT2D eigenvalue weighted by Gasteiger charge is -2.20. The largest absolute Gasteiger partial charge is 0.344 e. The first kappa shape index (κ1) is 13.7. The lowest BCUT2D eigenvalue weighted by Crippen LogP contribution is -2.40. The third-order valence-electron chi connectivity index (χ3n) is 3.14. The maximum Gasteiger partial charge on any atom is 0.299 e. The third-order valence-corrected chi connectivity index (χ3v) is 3.80. The van der Waals surface area contributed by atoms with Gasteiger partial charge in [-0.1, -0.05) is 6.07 Å². The van der Waals surface area contributed by atoms with Crippen molar-refractivity contribution >= 4 is 39.2 Å². The Bertz CT molecular complexity index is 571. The second kappa shape index (κ2) is 5.13. The first-order chi connectivity index (χ1) is 8.97. The van der Waals surface area contributed by atoms with Gasteiger partial charge in [0.15, 0.2) is 0 Å². The highest BCUT2D eigenvalue weighted by atomic mass is 79.9. The van der Waals surface area contributed by atoms with Crippen LogP contribution in [0.1, 0.15) is 17.3 Å². The van der Waals surface area contributed by atoms with Crippen molar-refractivity contribution in [3.63, 3.8) is 0 Å². The number of ketones is 1. The molecule has 0 unspecified atom stereocenters. The Kier molecular flexibility index (Phi) is 3.71. The Morgan fingerprint density at radius 1 is 1.37 bits per heavy atom. The number of benzene rings is 1. The number of hydrogen-bond donors (Lipinski definition) is 0. The first-order valence-corrected chi connectivity index (χ1v) is 6.65. The number of anilines is 1. The quantitative estimate of drug-likeness (QED) is 0.791. The number of carbonyl (C=O) groups is 3. The molecule has 1 aliphatic rings. The summed E-state index contributed by atoms with van der Waals surface area (Å²) in [6.45, 7) is 2.29. The van der Waals surface area contributed by atoms with Crippen molar-refractivity contribution in [2.75, 3.05) is 25.0 Å². The van der Waals surface area contributed by atoms with Gasteiger partial charge in [-0.15, -0.1) is 0 Å². The van der Waals surface area contributed by atoms with Crippen LogP contribution in [0.15, 0.2) is 22.7 Å². The van der Waals surface area contributed by atoms with Crippen LogP contribution in [-0.4, -0.2) is 42.6 Å². The summed E-state index contributed by atoms with van der Waals surface area (Å²) in [5.74, 6) is -1.43. The van der Waals surface area contributed by atoms with Gasteiger partial charge in [0.2, 0.25) is 5.91 Å². The van der Waals surface area contributed by atoms with Gasteiger partial charge in [-0.3, -0.25) is 19.3 Å². The van der Waals surface area contributed by atoms with E-state index in [4.69, 9.17) is 0 Å². The lowest BCUT2D eigenvalue weighted by molar-refractivity contribution is -0.129. The number of nitrogens with zero attached hydrogens (tertiary/aromatic N) is 2. The van der Waals surface area contributed by atoms with Gasteiger partial charge < -0.3 is 4.90 Å². The lowest BCUT2D eigenvalue weighted by atomic mass is 10.1. The van der Waals surface area contributed by atoms with Gasteiger partial charge in [0.25, 0.3) is 11.7 Å². The fraction of sp³-hybridized carbons (Fsp3) is 0.308.